The van der Waals surface area contributed by atoms with E-state index in [1.54, 1.807) is 12.1 Å². The van der Waals surface area contributed by atoms with Gasteiger partial charge >= 0.3 is 0 Å². The molecule has 2 rings (SSSR count). The molecule has 1 aliphatic carbocycles. The Bertz CT molecular complexity index is 407. The molecule has 6 nitrogen and oxygen atoms in total. The number of carbonyl (C=O) groups is 1. The zero-order chi connectivity index (χ0) is 12.8. The normalized spacial score (nSPS) is 14.3. The molecule has 1 amide bonds. The van der Waals surface area contributed by atoms with Crippen LogP contribution in [0.25, 0.3) is 0 Å². The second kappa shape index (κ2) is 6.32. The molecule has 0 atom stereocenters. The van der Waals surface area contributed by atoms with Crippen LogP contribution in [-0.4, -0.2) is 30.6 Å². The summed E-state index contributed by atoms with van der Waals surface area (Å²) in [6.07, 6.45) is 4.08. The maximum atomic E-state index is 11.7. The zero-order valence-corrected chi connectivity index (χ0v) is 10.2. The number of hydrogen-bond donors (Lipinski definition) is 3. The van der Waals surface area contributed by atoms with Gasteiger partial charge in [-0.05, 0) is 30.9 Å². The van der Waals surface area contributed by atoms with Crippen LogP contribution in [0.3, 0.4) is 0 Å². The van der Waals surface area contributed by atoms with Gasteiger partial charge < -0.3 is 15.5 Å². The van der Waals surface area contributed by atoms with Crippen molar-refractivity contribution in [2.24, 2.45) is 11.8 Å². The topological polar surface area (TPSA) is 89.3 Å². The summed E-state index contributed by atoms with van der Waals surface area (Å²) in [7, 11) is 0. The summed E-state index contributed by atoms with van der Waals surface area (Å²) in [6.45, 7) is 1.84. The molecule has 0 unspecified atom stereocenters. The minimum Gasteiger partial charge on any atom is -0.379 e. The Balaban J connectivity index is 1.69. The summed E-state index contributed by atoms with van der Waals surface area (Å²) < 4.78 is 5.42. The third-order valence-electron chi connectivity index (χ3n) is 2.74. The van der Waals surface area contributed by atoms with E-state index in [2.05, 4.69) is 15.7 Å². The van der Waals surface area contributed by atoms with Crippen LogP contribution in [0.15, 0.2) is 18.3 Å². The molecule has 0 aromatic carbocycles. The molecular formula is C12H18N4O2. The number of nitrogens with one attached hydrogen (secondary N) is 2. The number of ether oxygens (including phenoxy) is 1. The lowest BCUT2D eigenvalue weighted by molar-refractivity contribution is 0.0902. The van der Waals surface area contributed by atoms with Crippen LogP contribution in [0, 0.1) is 5.92 Å². The lowest BCUT2D eigenvalue weighted by atomic mass is 10.3. The van der Waals surface area contributed by atoms with Gasteiger partial charge in [-0.15, -0.1) is 0 Å². The molecule has 0 saturated heterocycles. The number of hydrazine groups is 1. The second-order valence-electron chi connectivity index (χ2n) is 4.35. The highest BCUT2D eigenvalue weighted by Gasteiger charge is 2.20. The Labute approximate surface area is 106 Å². The average molecular weight is 250 g/mol. The van der Waals surface area contributed by atoms with Crippen LogP contribution < -0.4 is 16.6 Å². The largest absolute Gasteiger partial charge is 0.379 e. The fourth-order valence-electron chi connectivity index (χ4n) is 1.51. The highest BCUT2D eigenvalue weighted by atomic mass is 16.5. The van der Waals surface area contributed by atoms with Gasteiger partial charge in [0.2, 0.25) is 0 Å². The Morgan fingerprint density at radius 2 is 2.39 bits per heavy atom. The van der Waals surface area contributed by atoms with E-state index in [1.807, 2.05) is 0 Å². The number of anilines is 1. The van der Waals surface area contributed by atoms with Crippen LogP contribution in [0.2, 0.25) is 0 Å². The summed E-state index contributed by atoms with van der Waals surface area (Å²) in [5.74, 6) is 5.79. The number of nitrogen functional groups attached to an aromatic ring is 1. The number of aromatic nitrogens is 1. The SMILES string of the molecule is NNc1ccnc(C(=O)NCCOCC2CC2)c1. The molecule has 1 aromatic heterocycles. The van der Waals surface area contributed by atoms with Crippen LogP contribution in [0.4, 0.5) is 5.69 Å². The van der Waals surface area contributed by atoms with Crippen LogP contribution in [0.1, 0.15) is 23.3 Å². The van der Waals surface area contributed by atoms with Gasteiger partial charge in [0.1, 0.15) is 5.69 Å². The van der Waals surface area contributed by atoms with Gasteiger partial charge in [-0.1, -0.05) is 0 Å². The van der Waals surface area contributed by atoms with Gasteiger partial charge in [0.25, 0.3) is 5.91 Å². The molecule has 1 aliphatic rings. The fourth-order valence-corrected chi connectivity index (χ4v) is 1.51. The Morgan fingerprint density at radius 3 is 3.11 bits per heavy atom. The van der Waals surface area contributed by atoms with Crippen molar-refractivity contribution in [3.63, 3.8) is 0 Å². The molecule has 6 heteroatoms. The maximum absolute atomic E-state index is 11.7. The van der Waals surface area contributed by atoms with E-state index < -0.39 is 0 Å². The number of nitrogens with zero attached hydrogens (tertiary/aromatic N) is 1. The first kappa shape index (κ1) is 12.8. The first-order valence-electron chi connectivity index (χ1n) is 6.08. The number of carbonyl (C=O) groups excluding carboxylic acids is 1. The van der Waals surface area contributed by atoms with Gasteiger partial charge in [-0.3, -0.25) is 15.6 Å². The minimum atomic E-state index is -0.220. The number of rotatable bonds is 7. The Morgan fingerprint density at radius 1 is 1.56 bits per heavy atom. The highest BCUT2D eigenvalue weighted by Crippen LogP contribution is 2.28. The van der Waals surface area contributed by atoms with Crippen LogP contribution in [0.5, 0.6) is 0 Å². The van der Waals surface area contributed by atoms with E-state index in [9.17, 15) is 4.79 Å². The lowest BCUT2D eigenvalue weighted by Gasteiger charge is -2.06. The molecular weight excluding hydrogens is 232 g/mol. The summed E-state index contributed by atoms with van der Waals surface area (Å²) in [4.78, 5) is 15.7. The Hall–Kier alpha value is -1.66. The van der Waals surface area contributed by atoms with E-state index in [0.717, 1.165) is 12.5 Å². The van der Waals surface area contributed by atoms with Crippen molar-refractivity contribution in [2.45, 2.75) is 12.8 Å². The van der Waals surface area contributed by atoms with Gasteiger partial charge in [0.05, 0.1) is 12.3 Å². The molecule has 1 fully saturated rings. The van der Waals surface area contributed by atoms with Gasteiger partial charge in [0, 0.05) is 19.3 Å². The highest BCUT2D eigenvalue weighted by molar-refractivity contribution is 5.93. The van der Waals surface area contributed by atoms with Crippen molar-refractivity contribution in [1.82, 2.24) is 10.3 Å². The first-order valence-corrected chi connectivity index (χ1v) is 6.08. The van der Waals surface area contributed by atoms with E-state index in [4.69, 9.17) is 10.6 Å². The van der Waals surface area contributed by atoms with Gasteiger partial charge in [-0.2, -0.15) is 0 Å². The average Bonchev–Trinajstić information content (AvgIpc) is 3.22. The summed E-state index contributed by atoms with van der Waals surface area (Å²) in [5.41, 5.74) is 3.47. The monoisotopic (exact) mass is 250 g/mol. The molecule has 4 N–H and O–H groups in total. The van der Waals surface area contributed by atoms with Crippen molar-refractivity contribution in [2.75, 3.05) is 25.2 Å². The van der Waals surface area contributed by atoms with E-state index >= 15 is 0 Å². The van der Waals surface area contributed by atoms with Crippen molar-refractivity contribution in [1.29, 1.82) is 0 Å². The van der Waals surface area contributed by atoms with Crippen molar-refractivity contribution in [3.05, 3.63) is 24.0 Å². The van der Waals surface area contributed by atoms with E-state index in [-0.39, 0.29) is 5.91 Å². The zero-order valence-electron chi connectivity index (χ0n) is 10.2. The number of nitrogens with two attached hydrogens (primary N) is 1. The van der Waals surface area contributed by atoms with Crippen molar-refractivity contribution >= 4 is 11.6 Å². The molecule has 0 bridgehead atoms. The fraction of sp³-hybridized carbons (Fsp3) is 0.500. The predicted molar refractivity (Wildman–Crippen MR) is 67.9 cm³/mol. The summed E-state index contributed by atoms with van der Waals surface area (Å²) in [5, 5.41) is 2.75. The molecule has 0 aliphatic heterocycles. The maximum Gasteiger partial charge on any atom is 0.270 e. The molecule has 0 radical (unpaired) electrons. The van der Waals surface area contributed by atoms with E-state index in [0.29, 0.717) is 24.5 Å². The van der Waals surface area contributed by atoms with Crippen molar-refractivity contribution < 1.29 is 9.53 Å². The predicted octanol–water partition coefficient (Wildman–Crippen LogP) is 0.524. The summed E-state index contributed by atoms with van der Waals surface area (Å²) >= 11 is 0. The molecule has 1 saturated carbocycles. The number of amides is 1. The van der Waals surface area contributed by atoms with E-state index in [1.165, 1.54) is 19.0 Å². The number of pyridine rings is 1. The molecule has 0 spiro atoms. The first-order chi connectivity index (χ1) is 8.79. The summed E-state index contributed by atoms with van der Waals surface area (Å²) in [6, 6.07) is 3.29. The minimum absolute atomic E-state index is 0.220. The third kappa shape index (κ3) is 3.97. The van der Waals surface area contributed by atoms with Crippen molar-refractivity contribution in [3.8, 4) is 0 Å². The van der Waals surface area contributed by atoms with Gasteiger partial charge in [0.15, 0.2) is 0 Å². The number of hydrogen-bond acceptors (Lipinski definition) is 5. The van der Waals surface area contributed by atoms with Crippen LogP contribution in [-0.2, 0) is 4.74 Å². The quantitative estimate of drug-likeness (QED) is 0.373. The standard InChI is InChI=1S/C12H18N4O2/c13-16-10-3-4-14-11(7-10)12(17)15-5-6-18-8-9-1-2-9/h3-4,7,9H,1-2,5-6,8,13H2,(H,14,16)(H,15,17). The van der Waals surface area contributed by atoms with Gasteiger partial charge in [-0.25, -0.2) is 0 Å². The second-order valence-corrected chi connectivity index (χ2v) is 4.35. The lowest BCUT2D eigenvalue weighted by Crippen LogP contribution is -2.28. The Kier molecular flexibility index (Phi) is 4.49. The molecule has 98 valence electrons. The third-order valence-corrected chi connectivity index (χ3v) is 2.74. The molecule has 18 heavy (non-hydrogen) atoms. The molecule has 1 heterocycles. The smallest absolute Gasteiger partial charge is 0.270 e. The van der Waals surface area contributed by atoms with Crippen LogP contribution >= 0.6 is 0 Å². The molecule has 1 aromatic rings.